The summed E-state index contributed by atoms with van der Waals surface area (Å²) in [6, 6.07) is 12.5. The van der Waals surface area contributed by atoms with E-state index in [1.807, 2.05) is 6.07 Å². The standard InChI is InChI=1S/C15H17N3S/c1-18-10-4-5-12(18)11-16-9-8-15-17-13-6-2-3-7-14(13)19-15/h2-7,10,16H,8-9,11H2,1H3. The molecule has 1 N–H and O–H groups in total. The highest BCUT2D eigenvalue weighted by atomic mass is 32.1. The third-order valence-electron chi connectivity index (χ3n) is 3.21. The number of thiazole rings is 1. The largest absolute Gasteiger partial charge is 0.353 e. The van der Waals surface area contributed by atoms with Crippen molar-refractivity contribution in [3.63, 3.8) is 0 Å². The Balaban J connectivity index is 1.53. The minimum Gasteiger partial charge on any atom is -0.353 e. The lowest BCUT2D eigenvalue weighted by Crippen LogP contribution is -2.18. The molecule has 0 atom stereocenters. The summed E-state index contributed by atoms with van der Waals surface area (Å²) in [4.78, 5) is 4.64. The first-order chi connectivity index (χ1) is 9.33. The lowest BCUT2D eigenvalue weighted by Gasteiger charge is -2.04. The first-order valence-electron chi connectivity index (χ1n) is 6.48. The second-order valence-electron chi connectivity index (χ2n) is 4.61. The highest BCUT2D eigenvalue weighted by molar-refractivity contribution is 7.18. The van der Waals surface area contributed by atoms with Gasteiger partial charge < -0.3 is 9.88 Å². The molecule has 0 unspecified atom stereocenters. The summed E-state index contributed by atoms with van der Waals surface area (Å²) in [5.74, 6) is 0. The molecule has 0 amide bonds. The van der Waals surface area contributed by atoms with E-state index in [-0.39, 0.29) is 0 Å². The molecule has 3 nitrogen and oxygen atoms in total. The maximum atomic E-state index is 4.64. The average Bonchev–Trinajstić information content (AvgIpc) is 3.00. The number of nitrogens with one attached hydrogen (secondary N) is 1. The number of para-hydroxylation sites is 1. The molecule has 0 bridgehead atoms. The molecule has 0 aliphatic carbocycles. The van der Waals surface area contributed by atoms with E-state index in [4.69, 9.17) is 0 Å². The number of benzene rings is 1. The highest BCUT2D eigenvalue weighted by Gasteiger charge is 2.02. The average molecular weight is 271 g/mol. The van der Waals surface area contributed by atoms with Gasteiger partial charge in [-0.3, -0.25) is 0 Å². The van der Waals surface area contributed by atoms with Crippen LogP contribution in [0.3, 0.4) is 0 Å². The van der Waals surface area contributed by atoms with Gasteiger partial charge in [0.1, 0.15) is 0 Å². The maximum Gasteiger partial charge on any atom is 0.0951 e. The zero-order valence-electron chi connectivity index (χ0n) is 11.0. The Labute approximate surface area is 116 Å². The number of aryl methyl sites for hydroxylation is 1. The van der Waals surface area contributed by atoms with E-state index < -0.39 is 0 Å². The highest BCUT2D eigenvalue weighted by Crippen LogP contribution is 2.21. The van der Waals surface area contributed by atoms with Gasteiger partial charge in [0.05, 0.1) is 15.2 Å². The Morgan fingerprint density at radius 2 is 2.11 bits per heavy atom. The summed E-state index contributed by atoms with van der Waals surface area (Å²) >= 11 is 1.79. The van der Waals surface area contributed by atoms with Gasteiger partial charge in [0.15, 0.2) is 0 Å². The molecule has 0 aliphatic rings. The van der Waals surface area contributed by atoms with Crippen molar-refractivity contribution in [1.29, 1.82) is 0 Å². The van der Waals surface area contributed by atoms with Gasteiger partial charge in [-0.05, 0) is 24.3 Å². The van der Waals surface area contributed by atoms with E-state index in [0.29, 0.717) is 0 Å². The van der Waals surface area contributed by atoms with Gasteiger partial charge in [-0.25, -0.2) is 4.98 Å². The van der Waals surface area contributed by atoms with Gasteiger partial charge in [0, 0.05) is 38.4 Å². The summed E-state index contributed by atoms with van der Waals surface area (Å²) in [6.07, 6.45) is 3.06. The van der Waals surface area contributed by atoms with Crippen LogP contribution in [0.2, 0.25) is 0 Å². The number of fused-ring (bicyclic) bond motifs is 1. The number of rotatable bonds is 5. The topological polar surface area (TPSA) is 29.9 Å². The molecule has 0 saturated heterocycles. The van der Waals surface area contributed by atoms with Gasteiger partial charge in [0.2, 0.25) is 0 Å². The van der Waals surface area contributed by atoms with Crippen LogP contribution in [-0.2, 0) is 20.0 Å². The van der Waals surface area contributed by atoms with Gasteiger partial charge >= 0.3 is 0 Å². The second-order valence-corrected chi connectivity index (χ2v) is 5.73. The summed E-state index contributed by atoms with van der Waals surface area (Å²) in [5.41, 5.74) is 2.43. The van der Waals surface area contributed by atoms with Crippen molar-refractivity contribution in [1.82, 2.24) is 14.9 Å². The van der Waals surface area contributed by atoms with Gasteiger partial charge in [-0.2, -0.15) is 0 Å². The van der Waals surface area contributed by atoms with Crippen LogP contribution in [0.25, 0.3) is 10.2 Å². The van der Waals surface area contributed by atoms with Crippen molar-refractivity contribution in [3.05, 3.63) is 53.3 Å². The Hall–Kier alpha value is -1.65. The molecule has 3 aromatic rings. The van der Waals surface area contributed by atoms with Crippen LogP contribution in [0.5, 0.6) is 0 Å². The molecule has 0 radical (unpaired) electrons. The zero-order valence-corrected chi connectivity index (χ0v) is 11.8. The van der Waals surface area contributed by atoms with E-state index in [1.165, 1.54) is 15.4 Å². The fourth-order valence-corrected chi connectivity index (χ4v) is 3.09. The monoisotopic (exact) mass is 271 g/mol. The molecule has 1 aromatic carbocycles. The van der Waals surface area contributed by atoms with Crippen LogP contribution in [0.4, 0.5) is 0 Å². The summed E-state index contributed by atoms with van der Waals surface area (Å²) < 4.78 is 3.42. The fourth-order valence-electron chi connectivity index (χ4n) is 2.12. The molecule has 2 heterocycles. The molecule has 2 aromatic heterocycles. The van der Waals surface area contributed by atoms with Crippen molar-refractivity contribution in [2.75, 3.05) is 6.54 Å². The number of hydrogen-bond donors (Lipinski definition) is 1. The van der Waals surface area contributed by atoms with Gasteiger partial charge in [-0.1, -0.05) is 12.1 Å². The number of hydrogen-bond acceptors (Lipinski definition) is 3. The molecule has 4 heteroatoms. The predicted molar refractivity (Wildman–Crippen MR) is 80.4 cm³/mol. The van der Waals surface area contributed by atoms with Crippen LogP contribution in [0.15, 0.2) is 42.6 Å². The third kappa shape index (κ3) is 2.85. The zero-order chi connectivity index (χ0) is 13.1. The Morgan fingerprint density at radius 3 is 2.89 bits per heavy atom. The molecule has 98 valence electrons. The smallest absolute Gasteiger partial charge is 0.0951 e. The van der Waals surface area contributed by atoms with Crippen molar-refractivity contribution in [2.24, 2.45) is 7.05 Å². The third-order valence-corrected chi connectivity index (χ3v) is 4.31. The molecule has 19 heavy (non-hydrogen) atoms. The SMILES string of the molecule is Cn1cccc1CNCCc1nc2ccccc2s1. The molecule has 0 fully saturated rings. The quantitative estimate of drug-likeness (QED) is 0.723. The normalized spacial score (nSPS) is 11.2. The Kier molecular flexibility index (Phi) is 3.62. The minimum absolute atomic E-state index is 0.911. The Morgan fingerprint density at radius 1 is 1.21 bits per heavy atom. The fraction of sp³-hybridized carbons (Fsp3) is 0.267. The van der Waals surface area contributed by atoms with E-state index in [1.54, 1.807) is 11.3 Å². The minimum atomic E-state index is 0.911. The van der Waals surface area contributed by atoms with E-state index >= 15 is 0 Å². The van der Waals surface area contributed by atoms with Crippen LogP contribution in [0.1, 0.15) is 10.7 Å². The van der Waals surface area contributed by atoms with Crippen LogP contribution < -0.4 is 5.32 Å². The molecule has 0 aliphatic heterocycles. The lowest BCUT2D eigenvalue weighted by atomic mass is 10.3. The summed E-state index contributed by atoms with van der Waals surface area (Å²) in [5, 5.41) is 4.68. The molecule has 0 saturated carbocycles. The van der Waals surface area contributed by atoms with Crippen LogP contribution in [0, 0.1) is 0 Å². The van der Waals surface area contributed by atoms with Crippen LogP contribution >= 0.6 is 11.3 Å². The maximum absolute atomic E-state index is 4.64. The summed E-state index contributed by atoms with van der Waals surface area (Å²) in [6.45, 7) is 1.87. The van der Waals surface area contributed by atoms with Crippen molar-refractivity contribution in [2.45, 2.75) is 13.0 Å². The molecule has 0 spiro atoms. The van der Waals surface area contributed by atoms with E-state index in [2.05, 4.69) is 58.4 Å². The first kappa shape index (κ1) is 12.4. The van der Waals surface area contributed by atoms with Crippen molar-refractivity contribution < 1.29 is 0 Å². The van der Waals surface area contributed by atoms with Gasteiger partial charge in [-0.15, -0.1) is 11.3 Å². The van der Waals surface area contributed by atoms with Crippen LogP contribution in [-0.4, -0.2) is 16.1 Å². The van der Waals surface area contributed by atoms with E-state index in [0.717, 1.165) is 25.0 Å². The van der Waals surface area contributed by atoms with E-state index in [9.17, 15) is 0 Å². The molecule has 3 rings (SSSR count). The number of nitrogens with zero attached hydrogens (tertiary/aromatic N) is 2. The molecular weight excluding hydrogens is 254 g/mol. The predicted octanol–water partition coefficient (Wildman–Crippen LogP) is 2.97. The lowest BCUT2D eigenvalue weighted by molar-refractivity contribution is 0.652. The van der Waals surface area contributed by atoms with Crippen molar-refractivity contribution in [3.8, 4) is 0 Å². The second kappa shape index (κ2) is 5.55. The first-order valence-corrected chi connectivity index (χ1v) is 7.30. The van der Waals surface area contributed by atoms with Gasteiger partial charge in [0.25, 0.3) is 0 Å². The number of aromatic nitrogens is 2. The summed E-state index contributed by atoms with van der Waals surface area (Å²) in [7, 11) is 2.07. The Bertz CT molecular complexity index is 636. The molecular formula is C15H17N3S. The van der Waals surface area contributed by atoms with Crippen molar-refractivity contribution >= 4 is 21.6 Å².